The molecule has 0 saturated carbocycles. The van der Waals surface area contributed by atoms with Gasteiger partial charge in [-0.15, -0.1) is 0 Å². The second kappa shape index (κ2) is 7.75. The van der Waals surface area contributed by atoms with E-state index in [4.69, 9.17) is 16.7 Å². The largest absolute Gasteiger partial charge is 0.351 e. The molecule has 1 atom stereocenters. The van der Waals surface area contributed by atoms with E-state index in [2.05, 4.69) is 15.5 Å². The molecule has 1 aliphatic rings. The maximum absolute atomic E-state index is 13.5. The number of hydrogen-bond acceptors (Lipinski definition) is 4. The highest BCUT2D eigenvalue weighted by molar-refractivity contribution is 7.80. The Bertz CT molecular complexity index is 1090. The van der Waals surface area contributed by atoms with Crippen molar-refractivity contribution >= 4 is 22.9 Å². The van der Waals surface area contributed by atoms with Crippen LogP contribution in [0.4, 0.5) is 4.39 Å². The standard InChI is InChI=1S/C22H21FN4OS/c1-4-27-14(3)18(19(24-22(27)29)15-8-10-17(23)11-9-15)21-25-20(26-28-21)16-7-5-6-13(2)12-16/h5-12,19H,4H2,1-3H3,(H,24,29). The molecule has 3 aromatic rings. The molecule has 7 heteroatoms. The first kappa shape index (κ1) is 19.3. The van der Waals surface area contributed by atoms with Crippen LogP contribution in [0.1, 0.15) is 36.9 Å². The minimum Gasteiger partial charge on any atom is -0.351 e. The summed E-state index contributed by atoms with van der Waals surface area (Å²) in [5.41, 5.74) is 4.65. The van der Waals surface area contributed by atoms with Gasteiger partial charge in [-0.2, -0.15) is 4.98 Å². The Morgan fingerprint density at radius 2 is 1.93 bits per heavy atom. The van der Waals surface area contributed by atoms with Crippen molar-refractivity contribution in [1.82, 2.24) is 20.4 Å². The SMILES string of the molecule is CCN1C(=S)NC(c2ccc(F)cc2)C(c2nc(-c3cccc(C)c3)no2)=C1C. The molecule has 5 nitrogen and oxygen atoms in total. The number of nitrogens with zero attached hydrogens (tertiary/aromatic N) is 3. The number of allylic oxidation sites excluding steroid dienone is 1. The van der Waals surface area contributed by atoms with Crippen molar-refractivity contribution in [3.05, 3.63) is 77.1 Å². The number of hydrogen-bond donors (Lipinski definition) is 1. The van der Waals surface area contributed by atoms with Crippen molar-refractivity contribution in [2.45, 2.75) is 26.8 Å². The Kier molecular flexibility index (Phi) is 5.15. The fourth-order valence-corrected chi connectivity index (χ4v) is 3.96. The van der Waals surface area contributed by atoms with Gasteiger partial charge in [-0.25, -0.2) is 4.39 Å². The second-order valence-corrected chi connectivity index (χ2v) is 7.36. The number of benzene rings is 2. The van der Waals surface area contributed by atoms with E-state index < -0.39 is 0 Å². The molecule has 4 rings (SSSR count). The minimum absolute atomic E-state index is 0.288. The third-order valence-electron chi connectivity index (χ3n) is 5.05. The lowest BCUT2D eigenvalue weighted by Crippen LogP contribution is -2.45. The molecule has 2 heterocycles. The number of aromatic nitrogens is 2. The van der Waals surface area contributed by atoms with E-state index in [1.54, 1.807) is 12.1 Å². The summed E-state index contributed by atoms with van der Waals surface area (Å²) in [4.78, 5) is 6.65. The van der Waals surface area contributed by atoms with Crippen LogP contribution in [0, 0.1) is 12.7 Å². The normalized spacial score (nSPS) is 16.9. The molecule has 0 amide bonds. The summed E-state index contributed by atoms with van der Waals surface area (Å²) in [5.74, 6) is 0.656. The number of aryl methyl sites for hydroxylation is 1. The fourth-order valence-electron chi connectivity index (χ4n) is 3.58. The Balaban J connectivity index is 1.81. The van der Waals surface area contributed by atoms with Gasteiger partial charge in [0.05, 0.1) is 11.6 Å². The summed E-state index contributed by atoms with van der Waals surface area (Å²) >= 11 is 5.55. The summed E-state index contributed by atoms with van der Waals surface area (Å²) in [6.45, 7) is 6.74. The van der Waals surface area contributed by atoms with Crippen molar-refractivity contribution in [2.24, 2.45) is 0 Å². The van der Waals surface area contributed by atoms with E-state index in [0.717, 1.165) is 28.0 Å². The van der Waals surface area contributed by atoms with E-state index >= 15 is 0 Å². The van der Waals surface area contributed by atoms with Crippen molar-refractivity contribution in [3.8, 4) is 11.4 Å². The number of rotatable bonds is 4. The van der Waals surface area contributed by atoms with Gasteiger partial charge in [0.25, 0.3) is 5.89 Å². The van der Waals surface area contributed by atoms with E-state index in [1.807, 2.05) is 49.9 Å². The highest BCUT2D eigenvalue weighted by Gasteiger charge is 2.33. The molecule has 1 aliphatic heterocycles. The number of halogens is 1. The van der Waals surface area contributed by atoms with Gasteiger partial charge in [0.1, 0.15) is 5.82 Å². The molecule has 0 bridgehead atoms. The zero-order valence-corrected chi connectivity index (χ0v) is 17.3. The molecule has 2 aromatic carbocycles. The van der Waals surface area contributed by atoms with Crippen molar-refractivity contribution < 1.29 is 8.91 Å². The molecule has 0 aliphatic carbocycles. The molecular formula is C22H21FN4OS. The fraction of sp³-hybridized carbons (Fsp3) is 0.227. The lowest BCUT2D eigenvalue weighted by Gasteiger charge is -2.36. The van der Waals surface area contributed by atoms with Gasteiger partial charge >= 0.3 is 0 Å². The van der Waals surface area contributed by atoms with E-state index in [0.29, 0.717) is 23.4 Å². The Morgan fingerprint density at radius 3 is 2.62 bits per heavy atom. The third-order valence-corrected chi connectivity index (χ3v) is 5.39. The predicted octanol–water partition coefficient (Wildman–Crippen LogP) is 4.87. The van der Waals surface area contributed by atoms with Gasteiger partial charge in [0.2, 0.25) is 5.82 Å². The van der Waals surface area contributed by atoms with Crippen LogP contribution >= 0.6 is 12.2 Å². The first-order chi connectivity index (χ1) is 14.0. The molecule has 1 aromatic heterocycles. The van der Waals surface area contributed by atoms with E-state index in [9.17, 15) is 4.39 Å². The summed E-state index contributed by atoms with van der Waals surface area (Å²) in [6.07, 6.45) is 0. The first-order valence-corrected chi connectivity index (χ1v) is 9.84. The second-order valence-electron chi connectivity index (χ2n) is 6.97. The highest BCUT2D eigenvalue weighted by Crippen LogP contribution is 2.37. The van der Waals surface area contributed by atoms with Crippen LogP contribution in [0.25, 0.3) is 17.0 Å². The van der Waals surface area contributed by atoms with Crippen molar-refractivity contribution in [2.75, 3.05) is 6.54 Å². The Hall–Kier alpha value is -3.06. The zero-order valence-electron chi connectivity index (χ0n) is 16.4. The lowest BCUT2D eigenvalue weighted by molar-refractivity contribution is 0.398. The molecule has 0 spiro atoms. The summed E-state index contributed by atoms with van der Waals surface area (Å²) in [7, 11) is 0. The van der Waals surface area contributed by atoms with Gasteiger partial charge < -0.3 is 14.7 Å². The van der Waals surface area contributed by atoms with Gasteiger partial charge in [-0.3, -0.25) is 0 Å². The maximum atomic E-state index is 13.5. The molecule has 1 N–H and O–H groups in total. The molecule has 0 radical (unpaired) electrons. The average Bonchev–Trinajstić information content (AvgIpc) is 3.18. The van der Waals surface area contributed by atoms with Crippen LogP contribution in [-0.2, 0) is 0 Å². The van der Waals surface area contributed by atoms with Crippen LogP contribution in [0.5, 0.6) is 0 Å². The Morgan fingerprint density at radius 1 is 1.17 bits per heavy atom. The predicted molar refractivity (Wildman–Crippen MR) is 114 cm³/mol. The van der Waals surface area contributed by atoms with E-state index in [1.165, 1.54) is 12.1 Å². The topological polar surface area (TPSA) is 54.2 Å². The van der Waals surface area contributed by atoms with Gasteiger partial charge in [0, 0.05) is 17.8 Å². The zero-order chi connectivity index (χ0) is 20.5. The summed E-state index contributed by atoms with van der Waals surface area (Å²) in [5, 5.41) is 8.14. The average molecular weight is 409 g/mol. The van der Waals surface area contributed by atoms with Gasteiger partial charge in [0.15, 0.2) is 5.11 Å². The van der Waals surface area contributed by atoms with Crippen LogP contribution in [0.3, 0.4) is 0 Å². The smallest absolute Gasteiger partial charge is 0.258 e. The summed E-state index contributed by atoms with van der Waals surface area (Å²) < 4.78 is 19.1. The quantitative estimate of drug-likeness (QED) is 0.622. The summed E-state index contributed by atoms with van der Waals surface area (Å²) in [6, 6.07) is 14.0. The maximum Gasteiger partial charge on any atom is 0.258 e. The van der Waals surface area contributed by atoms with Crippen LogP contribution in [-0.4, -0.2) is 26.7 Å². The van der Waals surface area contributed by atoms with Crippen LogP contribution < -0.4 is 5.32 Å². The third kappa shape index (κ3) is 3.65. The van der Waals surface area contributed by atoms with Crippen molar-refractivity contribution in [3.63, 3.8) is 0 Å². The highest BCUT2D eigenvalue weighted by atomic mass is 32.1. The number of thiocarbonyl (C=S) groups is 1. The van der Waals surface area contributed by atoms with Crippen LogP contribution in [0.15, 0.2) is 58.8 Å². The molecular weight excluding hydrogens is 387 g/mol. The van der Waals surface area contributed by atoms with E-state index in [-0.39, 0.29) is 11.9 Å². The van der Waals surface area contributed by atoms with Crippen molar-refractivity contribution in [1.29, 1.82) is 0 Å². The van der Waals surface area contributed by atoms with Gasteiger partial charge in [-0.05, 0) is 56.8 Å². The first-order valence-electron chi connectivity index (χ1n) is 9.43. The minimum atomic E-state index is -0.309. The Labute approximate surface area is 174 Å². The number of nitrogens with one attached hydrogen (secondary N) is 1. The lowest BCUT2D eigenvalue weighted by atomic mass is 9.95. The molecule has 0 fully saturated rings. The van der Waals surface area contributed by atoms with Crippen LogP contribution in [0.2, 0.25) is 0 Å². The molecule has 1 unspecified atom stereocenters. The molecule has 148 valence electrons. The molecule has 0 saturated heterocycles. The monoisotopic (exact) mass is 408 g/mol. The molecule has 29 heavy (non-hydrogen) atoms. The van der Waals surface area contributed by atoms with Gasteiger partial charge in [-0.1, -0.05) is 41.1 Å².